The molecular formula is C13H16N4O. The van der Waals surface area contributed by atoms with Crippen molar-refractivity contribution >= 4 is 11.7 Å². The van der Waals surface area contributed by atoms with Gasteiger partial charge in [-0.1, -0.05) is 29.8 Å². The first-order valence-electron chi connectivity index (χ1n) is 5.74. The Hall–Kier alpha value is -2.30. The largest absolute Gasteiger partial charge is 0.383 e. The van der Waals surface area contributed by atoms with E-state index in [0.717, 1.165) is 5.56 Å². The Bertz CT molecular complexity index is 544. The number of nitrogens with two attached hydrogens (primary N) is 1. The topological polar surface area (TPSA) is 83.8 Å². The second-order valence-electron chi connectivity index (χ2n) is 4.30. The van der Waals surface area contributed by atoms with Crippen LogP contribution in [-0.2, 0) is 0 Å². The Labute approximate surface area is 105 Å². The molecule has 1 heterocycles. The fraction of sp³-hybridized carbons (Fsp3) is 0.231. The number of aryl methyl sites for hydroxylation is 1. The highest BCUT2D eigenvalue weighted by Gasteiger charge is 2.14. The number of nitrogens with zero attached hydrogens (tertiary/aromatic N) is 1. The summed E-state index contributed by atoms with van der Waals surface area (Å²) in [6.45, 7) is 3.96. The minimum absolute atomic E-state index is 0.0765. The maximum absolute atomic E-state index is 11.9. The summed E-state index contributed by atoms with van der Waals surface area (Å²) in [6, 6.07) is 7.96. The van der Waals surface area contributed by atoms with Crippen LogP contribution in [0.1, 0.15) is 34.5 Å². The summed E-state index contributed by atoms with van der Waals surface area (Å²) in [5, 5.41) is 9.14. The predicted molar refractivity (Wildman–Crippen MR) is 70.1 cm³/mol. The molecule has 0 aliphatic rings. The molecule has 0 aliphatic carbocycles. The lowest BCUT2D eigenvalue weighted by Crippen LogP contribution is -2.26. The zero-order valence-electron chi connectivity index (χ0n) is 10.4. The van der Waals surface area contributed by atoms with Gasteiger partial charge in [0, 0.05) is 0 Å². The highest BCUT2D eigenvalue weighted by Crippen LogP contribution is 2.15. The second kappa shape index (κ2) is 4.91. The van der Waals surface area contributed by atoms with Crippen LogP contribution < -0.4 is 11.1 Å². The number of hydrogen-bond acceptors (Lipinski definition) is 3. The molecule has 0 saturated carbocycles. The van der Waals surface area contributed by atoms with Crippen LogP contribution in [0.3, 0.4) is 0 Å². The molecule has 1 atom stereocenters. The van der Waals surface area contributed by atoms with Crippen LogP contribution in [0.15, 0.2) is 30.5 Å². The number of nitrogen functional groups attached to an aromatic ring is 1. The van der Waals surface area contributed by atoms with Crippen molar-refractivity contribution in [2.75, 3.05) is 5.73 Å². The Kier molecular flexibility index (Phi) is 3.32. The first-order valence-corrected chi connectivity index (χ1v) is 5.74. The maximum atomic E-state index is 11.9. The zero-order chi connectivity index (χ0) is 13.1. The van der Waals surface area contributed by atoms with E-state index in [-0.39, 0.29) is 17.8 Å². The Morgan fingerprint density at radius 1 is 1.39 bits per heavy atom. The first kappa shape index (κ1) is 12.2. The van der Waals surface area contributed by atoms with Gasteiger partial charge in [0.25, 0.3) is 5.91 Å². The molecule has 5 nitrogen and oxygen atoms in total. The van der Waals surface area contributed by atoms with Gasteiger partial charge >= 0.3 is 0 Å². The van der Waals surface area contributed by atoms with Crippen LogP contribution in [-0.4, -0.2) is 16.1 Å². The summed E-state index contributed by atoms with van der Waals surface area (Å²) in [5.41, 5.74) is 8.21. The van der Waals surface area contributed by atoms with Crippen molar-refractivity contribution < 1.29 is 4.79 Å². The number of rotatable bonds is 3. The van der Waals surface area contributed by atoms with Gasteiger partial charge in [0.2, 0.25) is 0 Å². The monoisotopic (exact) mass is 244 g/mol. The van der Waals surface area contributed by atoms with Gasteiger partial charge in [-0.15, -0.1) is 0 Å². The lowest BCUT2D eigenvalue weighted by Gasteiger charge is -2.14. The number of aromatic nitrogens is 2. The molecule has 0 saturated heterocycles. The molecule has 0 fully saturated rings. The van der Waals surface area contributed by atoms with Crippen LogP contribution in [0.2, 0.25) is 0 Å². The number of anilines is 1. The van der Waals surface area contributed by atoms with Gasteiger partial charge in [-0.2, -0.15) is 5.10 Å². The number of carbonyl (C=O) groups is 1. The number of hydrogen-bond donors (Lipinski definition) is 3. The van der Waals surface area contributed by atoms with E-state index in [4.69, 9.17) is 5.73 Å². The van der Waals surface area contributed by atoms with E-state index in [1.54, 1.807) is 0 Å². The minimum Gasteiger partial charge on any atom is -0.383 e. The smallest absolute Gasteiger partial charge is 0.257 e. The third-order valence-corrected chi connectivity index (χ3v) is 2.84. The van der Waals surface area contributed by atoms with Crippen LogP contribution in [0.5, 0.6) is 0 Å². The van der Waals surface area contributed by atoms with Gasteiger partial charge in [0.1, 0.15) is 11.4 Å². The summed E-state index contributed by atoms with van der Waals surface area (Å²) in [5.74, 6) is 0.0536. The highest BCUT2D eigenvalue weighted by atomic mass is 16.1. The SMILES string of the molecule is Cc1ccc(C(C)NC(=O)c2cn[nH]c2N)cc1. The second-order valence-corrected chi connectivity index (χ2v) is 4.30. The van der Waals surface area contributed by atoms with Gasteiger partial charge in [0.15, 0.2) is 0 Å². The third kappa shape index (κ3) is 2.51. The van der Waals surface area contributed by atoms with Crippen LogP contribution >= 0.6 is 0 Å². The molecule has 1 unspecified atom stereocenters. The average Bonchev–Trinajstić information content (AvgIpc) is 2.76. The van der Waals surface area contributed by atoms with E-state index in [2.05, 4.69) is 15.5 Å². The van der Waals surface area contributed by atoms with Crippen LogP contribution in [0.25, 0.3) is 0 Å². The highest BCUT2D eigenvalue weighted by molar-refractivity contribution is 5.98. The fourth-order valence-corrected chi connectivity index (χ4v) is 1.69. The van der Waals surface area contributed by atoms with Crippen molar-refractivity contribution in [2.45, 2.75) is 19.9 Å². The van der Waals surface area contributed by atoms with E-state index in [1.165, 1.54) is 11.8 Å². The van der Waals surface area contributed by atoms with Gasteiger partial charge in [-0.3, -0.25) is 9.89 Å². The fourth-order valence-electron chi connectivity index (χ4n) is 1.69. The van der Waals surface area contributed by atoms with Crippen molar-refractivity contribution in [2.24, 2.45) is 0 Å². The first-order chi connectivity index (χ1) is 8.58. The van der Waals surface area contributed by atoms with Crippen LogP contribution in [0.4, 0.5) is 5.82 Å². The van der Waals surface area contributed by atoms with Crippen molar-refractivity contribution in [1.29, 1.82) is 0 Å². The van der Waals surface area contributed by atoms with Crippen LogP contribution in [0, 0.1) is 6.92 Å². The van der Waals surface area contributed by atoms with Crippen molar-refractivity contribution in [3.63, 3.8) is 0 Å². The van der Waals surface area contributed by atoms with E-state index >= 15 is 0 Å². The summed E-state index contributed by atoms with van der Waals surface area (Å²) in [4.78, 5) is 11.9. The maximum Gasteiger partial charge on any atom is 0.257 e. The molecule has 0 bridgehead atoms. The Morgan fingerprint density at radius 3 is 2.61 bits per heavy atom. The molecule has 94 valence electrons. The predicted octanol–water partition coefficient (Wildman–Crippen LogP) is 1.79. The molecule has 0 spiro atoms. The molecule has 4 N–H and O–H groups in total. The molecule has 1 aromatic heterocycles. The number of amides is 1. The lowest BCUT2D eigenvalue weighted by molar-refractivity contribution is 0.0941. The Morgan fingerprint density at radius 2 is 2.06 bits per heavy atom. The van der Waals surface area contributed by atoms with Gasteiger partial charge in [-0.25, -0.2) is 0 Å². The molecule has 0 radical (unpaired) electrons. The van der Waals surface area contributed by atoms with Gasteiger partial charge in [-0.05, 0) is 19.4 Å². The number of aromatic amines is 1. The number of benzene rings is 1. The summed E-state index contributed by atoms with van der Waals surface area (Å²) < 4.78 is 0. The van der Waals surface area contributed by atoms with E-state index in [1.807, 2.05) is 38.1 Å². The summed E-state index contributed by atoms with van der Waals surface area (Å²) >= 11 is 0. The average molecular weight is 244 g/mol. The molecular weight excluding hydrogens is 228 g/mol. The molecule has 1 amide bonds. The van der Waals surface area contributed by atoms with Crippen molar-refractivity contribution in [3.8, 4) is 0 Å². The molecule has 2 aromatic rings. The quantitative estimate of drug-likeness (QED) is 0.769. The number of nitrogens with one attached hydrogen (secondary N) is 2. The van der Waals surface area contributed by atoms with Crippen molar-refractivity contribution in [3.05, 3.63) is 47.2 Å². The normalized spacial score (nSPS) is 12.1. The van der Waals surface area contributed by atoms with Gasteiger partial charge < -0.3 is 11.1 Å². The molecule has 2 rings (SSSR count). The number of carbonyl (C=O) groups excluding carboxylic acids is 1. The Balaban J connectivity index is 2.08. The van der Waals surface area contributed by atoms with E-state index < -0.39 is 0 Å². The minimum atomic E-state index is -0.227. The summed E-state index contributed by atoms with van der Waals surface area (Å²) in [7, 11) is 0. The lowest BCUT2D eigenvalue weighted by atomic mass is 10.1. The van der Waals surface area contributed by atoms with Gasteiger partial charge in [0.05, 0.1) is 12.2 Å². The molecule has 5 heteroatoms. The third-order valence-electron chi connectivity index (χ3n) is 2.84. The van der Waals surface area contributed by atoms with Crippen molar-refractivity contribution in [1.82, 2.24) is 15.5 Å². The molecule has 1 aromatic carbocycles. The zero-order valence-corrected chi connectivity index (χ0v) is 10.4. The summed E-state index contributed by atoms with van der Waals surface area (Å²) in [6.07, 6.45) is 1.42. The number of H-pyrrole nitrogens is 1. The molecule has 0 aliphatic heterocycles. The standard InChI is InChI=1S/C13H16N4O/c1-8-3-5-10(6-4-8)9(2)16-13(18)11-7-15-17-12(11)14/h3-7,9H,1-2H3,(H,16,18)(H3,14,15,17). The van der Waals surface area contributed by atoms with E-state index in [0.29, 0.717) is 5.56 Å². The van der Waals surface area contributed by atoms with E-state index in [9.17, 15) is 4.79 Å². The molecule has 18 heavy (non-hydrogen) atoms.